The van der Waals surface area contributed by atoms with Crippen LogP contribution in [0.1, 0.15) is 82.4 Å². The van der Waals surface area contributed by atoms with E-state index in [1.165, 1.54) is 53.4 Å². The Balaban J connectivity index is 0.673. The van der Waals surface area contributed by atoms with Crippen molar-refractivity contribution in [3.8, 4) is 11.1 Å². The van der Waals surface area contributed by atoms with E-state index in [0.717, 1.165) is 21.7 Å². The molecule has 0 bridgehead atoms. The third-order valence-electron chi connectivity index (χ3n) is 16.8. The number of hydrogen-bond acceptors (Lipinski definition) is 32. The van der Waals surface area contributed by atoms with Gasteiger partial charge >= 0.3 is 42.7 Å². The number of aromatic amines is 1. The van der Waals surface area contributed by atoms with E-state index in [1.807, 2.05) is 0 Å². The van der Waals surface area contributed by atoms with E-state index in [-0.39, 0.29) is 69.7 Å². The second-order valence-corrected chi connectivity index (χ2v) is 29.1. The van der Waals surface area contributed by atoms with Crippen molar-refractivity contribution in [1.82, 2.24) is 63.5 Å². The number of imidazole rings is 2. The fourth-order valence-corrected chi connectivity index (χ4v) is 15.6. The van der Waals surface area contributed by atoms with E-state index in [9.17, 15) is 66.9 Å². The van der Waals surface area contributed by atoms with Crippen LogP contribution >= 0.6 is 31.3 Å². The molecule has 1 aliphatic carbocycles. The first kappa shape index (κ1) is 71.3. The number of nitrogen functional groups attached to an aromatic ring is 3. The summed E-state index contributed by atoms with van der Waals surface area (Å²) in [5.41, 5.74) is 17.7. The summed E-state index contributed by atoms with van der Waals surface area (Å²) in [6.07, 6.45) is -11.1. The average Bonchev–Trinajstić information content (AvgIpc) is 1.57. The standard InChI is InChI=1S/C55H62N16O26P4/c1-26-17-69(55(77)67-52(26)74)42-15-33(36(93-42)19-87-98(78,79)86-12-10-59-53(75)30-8-4-7-29-44(30)27-5-2-3-6-28(27)47(29)73)96-100(82,83)90-21-38-34(16-43(94-38)71-25-65-46-49(58)61-23-63-51(46)71)97-101(84,85)89-20-37-32(14-41(92-37)68-11-9-39(56)66-54(68)76)95-99(80,81)88-18-35-31(72)13-40(91-35)70-24-64-45-48(57)60-22-62-50(45)70/h2-9,11,17,22-25,31-38,40-43,72H,10,12-16,18-21H2,1H3,(H,59,75)(H,78,79)(H,80,81)(H,82,83)(H,84,85)(H2,56,66,76)(H2,57,60,62)(H2,58,61,63)(H,67,74,77)/t31-,32-,33-,34-,35+,36+,37+,38+,40+,41+,42+,43+/m0/s1. The van der Waals surface area contributed by atoms with Crippen LogP contribution in [0, 0.1) is 6.92 Å². The Bertz CT molecular complexity index is 4910. The zero-order valence-electron chi connectivity index (χ0n) is 52.3. The fourth-order valence-electron chi connectivity index (χ4n) is 12.0. The lowest BCUT2D eigenvalue weighted by Gasteiger charge is -2.25. The highest BCUT2D eigenvalue weighted by molar-refractivity contribution is 7.48. The molecule has 101 heavy (non-hydrogen) atoms. The predicted molar refractivity (Wildman–Crippen MR) is 340 cm³/mol. The number of hydrogen-bond donors (Lipinski definition) is 10. The molecule has 1 amide bonds. The molecule has 538 valence electrons. The molecule has 4 unspecified atom stereocenters. The van der Waals surface area contributed by atoms with Crippen molar-refractivity contribution in [2.75, 3.05) is 56.8 Å². The highest BCUT2D eigenvalue weighted by Crippen LogP contribution is 2.55. The summed E-state index contributed by atoms with van der Waals surface area (Å²) in [6, 6.07) is 12.6. The van der Waals surface area contributed by atoms with Crippen molar-refractivity contribution in [3.05, 3.63) is 140 Å². The number of nitrogens with two attached hydrogens (primary N) is 3. The minimum atomic E-state index is -5.46. The first-order valence-corrected chi connectivity index (χ1v) is 36.5. The van der Waals surface area contributed by atoms with Crippen LogP contribution in [0.25, 0.3) is 33.5 Å². The number of carbonyl (C=O) groups is 2. The summed E-state index contributed by atoms with van der Waals surface area (Å²) in [5.74, 6) is -1.01. The van der Waals surface area contributed by atoms with E-state index < -0.39 is 180 Å². The summed E-state index contributed by atoms with van der Waals surface area (Å²) in [7, 11) is -21.2. The number of amides is 1. The largest absolute Gasteiger partial charge is 0.472 e. The van der Waals surface area contributed by atoms with Gasteiger partial charge in [0.2, 0.25) is 0 Å². The highest BCUT2D eigenvalue weighted by Gasteiger charge is 2.49. The molecule has 6 aromatic heterocycles. The Morgan fingerprint density at radius 1 is 0.594 bits per heavy atom. The normalized spacial score (nSPS) is 26.5. The molecule has 5 aliphatic rings. The van der Waals surface area contributed by atoms with E-state index in [2.05, 4.69) is 45.2 Å². The molecule has 4 aliphatic heterocycles. The maximum atomic E-state index is 14.2. The summed E-state index contributed by atoms with van der Waals surface area (Å²) in [5, 5.41) is 13.5. The summed E-state index contributed by atoms with van der Waals surface area (Å²) in [6.45, 7) is -3.22. The topological polar surface area (TPSA) is 581 Å². The summed E-state index contributed by atoms with van der Waals surface area (Å²) >= 11 is 0. The maximum Gasteiger partial charge on any atom is 0.472 e. The minimum Gasteiger partial charge on any atom is -0.390 e. The van der Waals surface area contributed by atoms with Gasteiger partial charge in [0, 0.05) is 72.4 Å². The van der Waals surface area contributed by atoms with Crippen molar-refractivity contribution < 1.29 is 108 Å². The lowest BCUT2D eigenvalue weighted by atomic mass is 9.99. The number of ketones is 1. The number of phosphoric ester groups is 4. The molecule has 0 saturated carbocycles. The number of aliphatic hydroxyl groups is 1. The number of nitrogens with zero attached hydrogens (tertiary/aromatic N) is 11. The van der Waals surface area contributed by atoms with Gasteiger partial charge in [-0.25, -0.2) is 57.8 Å². The number of anilines is 3. The Morgan fingerprint density at radius 2 is 1.08 bits per heavy atom. The number of ether oxygens (including phenoxy) is 4. The lowest BCUT2D eigenvalue weighted by Crippen LogP contribution is -2.33. The van der Waals surface area contributed by atoms with Crippen molar-refractivity contribution in [2.45, 2.75) is 106 Å². The first-order valence-electron chi connectivity index (χ1n) is 30.5. The molecular formula is C55H62N16O26P4. The van der Waals surface area contributed by atoms with Crippen molar-refractivity contribution in [2.24, 2.45) is 0 Å². The molecule has 4 saturated heterocycles. The molecule has 42 nitrogen and oxygen atoms in total. The number of aromatic nitrogens is 12. The lowest BCUT2D eigenvalue weighted by molar-refractivity contribution is -0.0630. The van der Waals surface area contributed by atoms with Gasteiger partial charge in [-0.05, 0) is 24.6 Å². The monoisotopic (exact) mass is 1490 g/mol. The Labute approximate surface area is 566 Å². The predicted octanol–water partition coefficient (Wildman–Crippen LogP) is 1.32. The van der Waals surface area contributed by atoms with Gasteiger partial charge in [-0.3, -0.25) is 73.8 Å². The van der Waals surface area contributed by atoms with Gasteiger partial charge in [-0.1, -0.05) is 36.4 Å². The molecule has 0 radical (unpaired) electrons. The fraction of sp³-hybridized carbons (Fsp3) is 0.418. The number of rotatable bonds is 27. The molecule has 8 aromatic rings. The second kappa shape index (κ2) is 28.6. The van der Waals surface area contributed by atoms with Crippen LogP contribution in [0.3, 0.4) is 0 Å². The number of aliphatic hydroxyl groups excluding tert-OH is 1. The van der Waals surface area contributed by atoms with Gasteiger partial charge in [-0.2, -0.15) is 4.98 Å². The van der Waals surface area contributed by atoms with E-state index in [1.54, 1.807) is 36.4 Å². The Hall–Kier alpha value is -8.12. The van der Waals surface area contributed by atoms with E-state index in [0.29, 0.717) is 22.3 Å². The zero-order valence-corrected chi connectivity index (χ0v) is 55.9. The molecule has 13 rings (SSSR count). The maximum absolute atomic E-state index is 14.2. The molecule has 0 spiro atoms. The van der Waals surface area contributed by atoms with Gasteiger partial charge < -0.3 is 66.1 Å². The van der Waals surface area contributed by atoms with E-state index >= 15 is 0 Å². The van der Waals surface area contributed by atoms with Gasteiger partial charge in [-0.15, -0.1) is 0 Å². The minimum absolute atomic E-state index is 0.0397. The molecule has 16 atom stereocenters. The molecular weight excluding hydrogens is 1420 g/mol. The van der Waals surface area contributed by atoms with Crippen LogP contribution in [-0.4, -0.2) is 183 Å². The van der Waals surface area contributed by atoms with Crippen LogP contribution in [-0.2, 0) is 73.4 Å². The smallest absolute Gasteiger partial charge is 0.390 e. The molecule has 4 fully saturated rings. The van der Waals surface area contributed by atoms with Crippen molar-refractivity contribution >= 4 is 82.8 Å². The second-order valence-electron chi connectivity index (χ2n) is 23.4. The molecule has 2 aromatic carbocycles. The quantitative estimate of drug-likeness (QED) is 0.0256. The van der Waals surface area contributed by atoms with Crippen LogP contribution in [0.2, 0.25) is 0 Å². The average molecular weight is 1490 g/mol. The zero-order chi connectivity index (χ0) is 71.4. The number of benzene rings is 2. The number of phosphoric acid groups is 4. The molecule has 46 heteroatoms. The SMILES string of the molecule is Cc1cn([C@H]2C[C@H](OP(=O)(O)OC[C@H]3O[C@@H](n4cnc5c(N)ncnc54)C[C@@H]3OP(=O)(O)OC[C@H]3O[C@@H](n4ccc(N)nc4=O)C[C@@H]3OP(=O)(O)OC[C@H]3O[C@@H](n4cnc5c(N)ncnc54)C[C@@H]3O)[C@@H](COP(=O)(O)OCCNC(=O)c3cccc4c3-c3ccccc3C4=O)O2)c(=O)[nH]c1=O. The van der Waals surface area contributed by atoms with Gasteiger partial charge in [0.15, 0.2) is 28.7 Å². The number of aryl methyl sites for hydroxylation is 1. The summed E-state index contributed by atoms with van der Waals surface area (Å²) < 4.78 is 128. The van der Waals surface area contributed by atoms with Gasteiger partial charge in [0.05, 0.1) is 51.8 Å². The number of nitrogens with one attached hydrogen (secondary N) is 2. The van der Waals surface area contributed by atoms with Crippen LogP contribution in [0.5, 0.6) is 0 Å². The van der Waals surface area contributed by atoms with Crippen LogP contribution in [0.15, 0.2) is 101 Å². The summed E-state index contributed by atoms with van der Waals surface area (Å²) in [4.78, 5) is 140. The number of carbonyl (C=O) groups excluding carboxylic acids is 2. The van der Waals surface area contributed by atoms with Gasteiger partial charge in [0.25, 0.3) is 11.5 Å². The number of H-pyrrole nitrogens is 1. The Morgan fingerprint density at radius 3 is 1.63 bits per heavy atom. The van der Waals surface area contributed by atoms with Crippen LogP contribution in [0.4, 0.5) is 17.5 Å². The third kappa shape index (κ3) is 15.5. The number of fused-ring (bicyclic) bond motifs is 5. The highest BCUT2D eigenvalue weighted by atomic mass is 31.2. The van der Waals surface area contributed by atoms with Gasteiger partial charge in [0.1, 0.15) is 97.1 Å². The van der Waals surface area contributed by atoms with Crippen molar-refractivity contribution in [1.29, 1.82) is 0 Å². The third-order valence-corrected chi connectivity index (χ3v) is 20.8. The Kier molecular flexibility index (Phi) is 20.2. The van der Waals surface area contributed by atoms with E-state index in [4.69, 9.17) is 72.3 Å². The molecule has 13 N–H and O–H groups in total. The first-order chi connectivity index (χ1) is 48.1. The molecule has 10 heterocycles. The van der Waals surface area contributed by atoms with Crippen molar-refractivity contribution in [3.63, 3.8) is 0 Å². The van der Waals surface area contributed by atoms with Crippen LogP contribution < -0.4 is 39.5 Å².